The van der Waals surface area contributed by atoms with Gasteiger partial charge in [0.25, 0.3) is 0 Å². The molecule has 0 radical (unpaired) electrons. The van der Waals surface area contributed by atoms with E-state index in [1.165, 1.54) is 36.2 Å². The van der Waals surface area contributed by atoms with Gasteiger partial charge >= 0.3 is 0 Å². The van der Waals surface area contributed by atoms with Crippen molar-refractivity contribution in [2.24, 2.45) is 0 Å². The second-order valence-corrected chi connectivity index (χ2v) is 5.13. The lowest BCUT2D eigenvalue weighted by Gasteiger charge is -2.35. The van der Waals surface area contributed by atoms with Gasteiger partial charge in [-0.05, 0) is 25.8 Å². The number of aryl methyl sites for hydroxylation is 2. The zero-order valence-electron chi connectivity index (χ0n) is 11.3. The molecule has 2 heteroatoms. The predicted molar refractivity (Wildman–Crippen MR) is 73.4 cm³/mol. The fraction of sp³-hybridized carbons (Fsp3) is 0.600. The minimum atomic E-state index is 0.593. The topological polar surface area (TPSA) is 15.3 Å². The molecule has 2 nitrogen and oxygen atoms in total. The Bertz CT molecular complexity index is 347. The Morgan fingerprint density at radius 2 is 1.71 bits per heavy atom. The fourth-order valence-corrected chi connectivity index (χ4v) is 2.90. The smallest absolute Gasteiger partial charge is 0.0346 e. The third-order valence-corrected chi connectivity index (χ3v) is 3.61. The fourth-order valence-electron chi connectivity index (χ4n) is 2.90. The van der Waals surface area contributed by atoms with Gasteiger partial charge in [-0.2, -0.15) is 0 Å². The molecule has 0 amide bonds. The maximum absolute atomic E-state index is 3.43. The normalized spacial score (nSPS) is 19.2. The molecule has 1 fully saturated rings. The van der Waals surface area contributed by atoms with E-state index in [1.54, 1.807) is 0 Å². The number of piperazine rings is 1. The van der Waals surface area contributed by atoms with Crippen LogP contribution in [-0.2, 0) is 0 Å². The molecule has 2 rings (SSSR count). The van der Waals surface area contributed by atoms with E-state index in [0.29, 0.717) is 6.04 Å². The van der Waals surface area contributed by atoms with E-state index in [-0.39, 0.29) is 0 Å². The van der Waals surface area contributed by atoms with Crippen molar-refractivity contribution in [2.45, 2.75) is 33.2 Å². The van der Waals surface area contributed by atoms with Crippen molar-refractivity contribution in [3.05, 3.63) is 34.9 Å². The summed E-state index contributed by atoms with van der Waals surface area (Å²) in [6.45, 7) is 11.3. The van der Waals surface area contributed by atoms with Crippen molar-refractivity contribution >= 4 is 0 Å². The quantitative estimate of drug-likeness (QED) is 0.862. The molecule has 1 atom stereocenters. The van der Waals surface area contributed by atoms with Crippen molar-refractivity contribution in [2.75, 3.05) is 26.2 Å². The Morgan fingerprint density at radius 1 is 1.12 bits per heavy atom. The van der Waals surface area contributed by atoms with Crippen LogP contribution < -0.4 is 5.32 Å². The second-order valence-electron chi connectivity index (χ2n) is 5.13. The maximum Gasteiger partial charge on any atom is 0.0346 e. The van der Waals surface area contributed by atoms with Gasteiger partial charge in [-0.1, -0.05) is 36.2 Å². The summed E-state index contributed by atoms with van der Waals surface area (Å²) < 4.78 is 0. The average molecular weight is 232 g/mol. The predicted octanol–water partition coefficient (Wildman–Crippen LogP) is 2.66. The summed E-state index contributed by atoms with van der Waals surface area (Å²) in [7, 11) is 0. The van der Waals surface area contributed by atoms with Crippen molar-refractivity contribution < 1.29 is 0 Å². The van der Waals surface area contributed by atoms with E-state index in [1.807, 2.05) is 0 Å². The monoisotopic (exact) mass is 232 g/mol. The van der Waals surface area contributed by atoms with E-state index >= 15 is 0 Å². The van der Waals surface area contributed by atoms with Crippen molar-refractivity contribution in [3.63, 3.8) is 0 Å². The van der Waals surface area contributed by atoms with Gasteiger partial charge in [-0.25, -0.2) is 0 Å². The van der Waals surface area contributed by atoms with Gasteiger partial charge in [0.05, 0.1) is 0 Å². The summed E-state index contributed by atoms with van der Waals surface area (Å²) in [6.07, 6.45) is 1.20. The molecular weight excluding hydrogens is 208 g/mol. The van der Waals surface area contributed by atoms with Crippen LogP contribution in [0.25, 0.3) is 0 Å². The van der Waals surface area contributed by atoms with Crippen LogP contribution in [-0.4, -0.2) is 31.1 Å². The van der Waals surface area contributed by atoms with Crippen LogP contribution in [0.5, 0.6) is 0 Å². The largest absolute Gasteiger partial charge is 0.314 e. The molecule has 1 aromatic carbocycles. The maximum atomic E-state index is 3.43. The second kappa shape index (κ2) is 5.65. The third-order valence-electron chi connectivity index (χ3n) is 3.61. The van der Waals surface area contributed by atoms with Crippen LogP contribution in [0.2, 0.25) is 0 Å². The molecule has 94 valence electrons. The van der Waals surface area contributed by atoms with Crippen LogP contribution in [0.15, 0.2) is 18.2 Å². The minimum absolute atomic E-state index is 0.593. The summed E-state index contributed by atoms with van der Waals surface area (Å²) in [5, 5.41) is 3.43. The molecule has 0 bridgehead atoms. The van der Waals surface area contributed by atoms with Gasteiger partial charge in [0.1, 0.15) is 0 Å². The lowest BCUT2D eigenvalue weighted by atomic mass is 9.98. The van der Waals surface area contributed by atoms with Crippen LogP contribution >= 0.6 is 0 Å². The first-order valence-electron chi connectivity index (χ1n) is 6.73. The van der Waals surface area contributed by atoms with E-state index in [4.69, 9.17) is 0 Å². The number of nitrogens with one attached hydrogen (secondary N) is 1. The molecule has 0 unspecified atom stereocenters. The molecule has 17 heavy (non-hydrogen) atoms. The number of hydrogen-bond acceptors (Lipinski definition) is 2. The molecule has 0 spiro atoms. The highest BCUT2D eigenvalue weighted by atomic mass is 15.2. The lowest BCUT2D eigenvalue weighted by Crippen LogP contribution is -2.45. The first-order valence-corrected chi connectivity index (χ1v) is 6.73. The van der Waals surface area contributed by atoms with Gasteiger partial charge in [0.15, 0.2) is 0 Å². The first-order chi connectivity index (χ1) is 8.20. The molecule has 1 N–H and O–H groups in total. The molecule has 1 saturated heterocycles. The summed E-state index contributed by atoms with van der Waals surface area (Å²) in [6, 6.07) is 7.55. The van der Waals surface area contributed by atoms with Crippen LogP contribution in [0.3, 0.4) is 0 Å². The number of nitrogens with zero attached hydrogens (tertiary/aromatic N) is 1. The van der Waals surface area contributed by atoms with Crippen LogP contribution in [0.1, 0.15) is 36.1 Å². The van der Waals surface area contributed by atoms with E-state index in [0.717, 1.165) is 13.1 Å². The molecule has 1 aliphatic rings. The van der Waals surface area contributed by atoms with Gasteiger partial charge < -0.3 is 5.32 Å². The Labute approximate surface area is 105 Å². The van der Waals surface area contributed by atoms with Crippen LogP contribution in [0.4, 0.5) is 0 Å². The SMILES string of the molecule is CC[C@H](c1cc(C)cc(C)c1)N1CCNCC1. The Hall–Kier alpha value is -0.860. The average Bonchev–Trinajstić information content (AvgIpc) is 2.30. The highest BCUT2D eigenvalue weighted by molar-refractivity contribution is 5.30. The lowest BCUT2D eigenvalue weighted by molar-refractivity contribution is 0.169. The third kappa shape index (κ3) is 3.08. The van der Waals surface area contributed by atoms with Crippen molar-refractivity contribution in [1.82, 2.24) is 10.2 Å². The Kier molecular flexibility index (Phi) is 4.19. The zero-order chi connectivity index (χ0) is 12.3. The van der Waals surface area contributed by atoms with Gasteiger partial charge in [0, 0.05) is 32.2 Å². The van der Waals surface area contributed by atoms with Gasteiger partial charge in [-0.3, -0.25) is 4.90 Å². The molecule has 0 aromatic heterocycles. The highest BCUT2D eigenvalue weighted by Gasteiger charge is 2.20. The molecule has 1 aliphatic heterocycles. The zero-order valence-corrected chi connectivity index (χ0v) is 11.3. The summed E-state index contributed by atoms with van der Waals surface area (Å²) in [4.78, 5) is 2.62. The number of hydrogen-bond donors (Lipinski definition) is 1. The van der Waals surface area contributed by atoms with E-state index < -0.39 is 0 Å². The van der Waals surface area contributed by atoms with Gasteiger partial charge in [-0.15, -0.1) is 0 Å². The first kappa shape index (κ1) is 12.6. The Balaban J connectivity index is 2.21. The molecule has 1 aromatic rings. The standard InChI is InChI=1S/C15H24N2/c1-4-15(17-7-5-16-6-8-17)14-10-12(2)9-13(3)11-14/h9-11,15-16H,4-8H2,1-3H3/t15-/m1/s1. The van der Waals surface area contributed by atoms with E-state index in [2.05, 4.69) is 49.2 Å². The summed E-state index contributed by atoms with van der Waals surface area (Å²) in [5.74, 6) is 0. The number of rotatable bonds is 3. The highest BCUT2D eigenvalue weighted by Crippen LogP contribution is 2.26. The van der Waals surface area contributed by atoms with Crippen molar-refractivity contribution in [1.29, 1.82) is 0 Å². The van der Waals surface area contributed by atoms with Gasteiger partial charge in [0.2, 0.25) is 0 Å². The summed E-state index contributed by atoms with van der Waals surface area (Å²) in [5.41, 5.74) is 4.26. The van der Waals surface area contributed by atoms with E-state index in [9.17, 15) is 0 Å². The minimum Gasteiger partial charge on any atom is -0.314 e. The molecule has 0 saturated carbocycles. The molecule has 0 aliphatic carbocycles. The summed E-state index contributed by atoms with van der Waals surface area (Å²) >= 11 is 0. The Morgan fingerprint density at radius 3 is 2.24 bits per heavy atom. The number of benzene rings is 1. The molecule has 1 heterocycles. The van der Waals surface area contributed by atoms with Crippen molar-refractivity contribution in [3.8, 4) is 0 Å². The molecular formula is C15H24N2. The van der Waals surface area contributed by atoms with Crippen LogP contribution in [0, 0.1) is 13.8 Å².